The van der Waals surface area contributed by atoms with Crippen molar-refractivity contribution in [3.63, 3.8) is 0 Å². The van der Waals surface area contributed by atoms with Gasteiger partial charge in [0.15, 0.2) is 0 Å². The van der Waals surface area contributed by atoms with E-state index in [4.69, 9.17) is 5.73 Å². The van der Waals surface area contributed by atoms with Gasteiger partial charge < -0.3 is 5.73 Å². The number of hydrogen-bond donors (Lipinski definition) is 2. The monoisotopic (exact) mass is 159 g/mol. The molecule has 1 unspecified atom stereocenters. The molecule has 0 aromatic heterocycles. The molecule has 0 bridgehead atoms. The van der Waals surface area contributed by atoms with Gasteiger partial charge in [0.25, 0.3) is 0 Å². The third-order valence-electron chi connectivity index (χ3n) is 1.54. The van der Waals surface area contributed by atoms with Crippen molar-refractivity contribution in [2.75, 3.05) is 7.05 Å². The summed E-state index contributed by atoms with van der Waals surface area (Å²) >= 11 is 0. The second kappa shape index (κ2) is 5.52. The molecule has 1 atom stereocenters. The number of nitrogens with two attached hydrogens (primary N) is 1. The summed E-state index contributed by atoms with van der Waals surface area (Å²) in [6, 6.07) is 0.461. The third-order valence-corrected chi connectivity index (χ3v) is 1.54. The first kappa shape index (κ1) is 10.9. The second-order valence-electron chi connectivity index (χ2n) is 3.25. The van der Waals surface area contributed by atoms with E-state index in [9.17, 15) is 0 Å². The van der Waals surface area contributed by atoms with E-state index in [1.165, 1.54) is 0 Å². The molecule has 3 heteroatoms. The molecule has 3 nitrogen and oxygen atoms in total. The van der Waals surface area contributed by atoms with E-state index in [1.807, 2.05) is 12.1 Å². The first-order chi connectivity index (χ1) is 5.07. The lowest BCUT2D eigenvalue weighted by molar-refractivity contribution is 0.140. The molecule has 0 aliphatic rings. The highest BCUT2D eigenvalue weighted by Gasteiger charge is 2.07. The summed E-state index contributed by atoms with van der Waals surface area (Å²) in [6.07, 6.45) is 2.31. The maximum Gasteiger partial charge on any atom is 0.0704 e. The molecule has 0 aromatic rings. The van der Waals surface area contributed by atoms with Crippen LogP contribution >= 0.6 is 0 Å². The fourth-order valence-electron chi connectivity index (χ4n) is 0.992. The van der Waals surface area contributed by atoms with Crippen molar-refractivity contribution in [2.45, 2.75) is 45.8 Å². The Morgan fingerprint density at radius 1 is 1.45 bits per heavy atom. The zero-order valence-electron chi connectivity index (χ0n) is 8.09. The van der Waals surface area contributed by atoms with Crippen molar-refractivity contribution < 1.29 is 0 Å². The molecule has 0 fully saturated rings. The van der Waals surface area contributed by atoms with E-state index in [0.29, 0.717) is 6.04 Å². The van der Waals surface area contributed by atoms with E-state index < -0.39 is 0 Å². The average Bonchev–Trinajstić information content (AvgIpc) is 1.86. The predicted molar refractivity (Wildman–Crippen MR) is 48.9 cm³/mol. The van der Waals surface area contributed by atoms with Crippen LogP contribution in [0.1, 0.15) is 33.6 Å². The molecular formula is C8H21N3. The standard InChI is InChI=1S/C8H21N3/c1-5-6-8(9)11(4)10-7(2)3/h7-8,10H,5-6,9H2,1-4H3. The Balaban J connectivity index is 3.54. The van der Waals surface area contributed by atoms with Crippen LogP contribution in [0.15, 0.2) is 0 Å². The van der Waals surface area contributed by atoms with Crippen LogP contribution in [0.4, 0.5) is 0 Å². The quantitative estimate of drug-likeness (QED) is 0.463. The summed E-state index contributed by atoms with van der Waals surface area (Å²) < 4.78 is 0. The molecule has 0 amide bonds. The Labute approximate surface area is 69.9 Å². The zero-order chi connectivity index (χ0) is 8.85. The molecule has 0 aliphatic heterocycles. The lowest BCUT2D eigenvalue weighted by atomic mass is 10.3. The summed E-state index contributed by atoms with van der Waals surface area (Å²) in [5.41, 5.74) is 9.08. The Bertz CT molecular complexity index is 93.3. The molecule has 0 aliphatic carbocycles. The van der Waals surface area contributed by atoms with Crippen LogP contribution in [-0.2, 0) is 0 Å². The van der Waals surface area contributed by atoms with Gasteiger partial charge in [0, 0.05) is 13.1 Å². The molecule has 0 radical (unpaired) electrons. The minimum atomic E-state index is 0.141. The van der Waals surface area contributed by atoms with Crippen LogP contribution in [0.25, 0.3) is 0 Å². The van der Waals surface area contributed by atoms with Crippen LogP contribution in [-0.4, -0.2) is 24.3 Å². The normalized spacial score (nSPS) is 14.5. The van der Waals surface area contributed by atoms with Crippen molar-refractivity contribution in [1.29, 1.82) is 0 Å². The lowest BCUT2D eigenvalue weighted by Crippen LogP contribution is -2.50. The molecular weight excluding hydrogens is 138 g/mol. The van der Waals surface area contributed by atoms with Crippen molar-refractivity contribution in [1.82, 2.24) is 10.4 Å². The molecule has 0 saturated heterocycles. The highest BCUT2D eigenvalue weighted by atomic mass is 15.5. The molecule has 0 saturated carbocycles. The largest absolute Gasteiger partial charge is 0.315 e. The fourth-order valence-corrected chi connectivity index (χ4v) is 0.992. The lowest BCUT2D eigenvalue weighted by Gasteiger charge is -2.26. The van der Waals surface area contributed by atoms with Gasteiger partial charge in [-0.25, -0.2) is 5.01 Å². The van der Waals surface area contributed by atoms with Gasteiger partial charge >= 0.3 is 0 Å². The zero-order valence-corrected chi connectivity index (χ0v) is 8.09. The highest BCUT2D eigenvalue weighted by Crippen LogP contribution is 1.95. The van der Waals surface area contributed by atoms with Gasteiger partial charge in [-0.15, -0.1) is 0 Å². The van der Waals surface area contributed by atoms with Gasteiger partial charge in [-0.05, 0) is 20.3 Å². The SMILES string of the molecule is CCCC(N)N(C)NC(C)C. The molecule has 11 heavy (non-hydrogen) atoms. The molecule has 0 rings (SSSR count). The number of rotatable bonds is 5. The molecule has 0 spiro atoms. The highest BCUT2D eigenvalue weighted by molar-refractivity contribution is 4.58. The van der Waals surface area contributed by atoms with E-state index >= 15 is 0 Å². The Morgan fingerprint density at radius 2 is 2.00 bits per heavy atom. The van der Waals surface area contributed by atoms with Crippen LogP contribution in [0.2, 0.25) is 0 Å². The molecule has 68 valence electrons. The smallest absolute Gasteiger partial charge is 0.0704 e. The fraction of sp³-hybridized carbons (Fsp3) is 1.00. The summed E-state index contributed by atoms with van der Waals surface area (Å²) in [5, 5.41) is 1.98. The third kappa shape index (κ3) is 5.18. The maximum atomic E-state index is 5.84. The topological polar surface area (TPSA) is 41.3 Å². The minimum absolute atomic E-state index is 0.141. The maximum absolute atomic E-state index is 5.84. The van der Waals surface area contributed by atoms with Crippen molar-refractivity contribution in [3.05, 3.63) is 0 Å². The van der Waals surface area contributed by atoms with Crippen molar-refractivity contribution in [3.8, 4) is 0 Å². The second-order valence-corrected chi connectivity index (χ2v) is 3.25. The van der Waals surface area contributed by atoms with Gasteiger partial charge in [0.2, 0.25) is 0 Å². The first-order valence-corrected chi connectivity index (χ1v) is 4.32. The van der Waals surface area contributed by atoms with Gasteiger partial charge in [0.05, 0.1) is 6.17 Å². The van der Waals surface area contributed by atoms with Crippen LogP contribution in [0.3, 0.4) is 0 Å². The van der Waals surface area contributed by atoms with E-state index in [2.05, 4.69) is 26.2 Å². The van der Waals surface area contributed by atoms with E-state index in [1.54, 1.807) is 0 Å². The summed E-state index contributed by atoms with van der Waals surface area (Å²) in [7, 11) is 1.99. The Kier molecular flexibility index (Phi) is 5.46. The van der Waals surface area contributed by atoms with Crippen molar-refractivity contribution >= 4 is 0 Å². The average molecular weight is 159 g/mol. The first-order valence-electron chi connectivity index (χ1n) is 4.32. The predicted octanol–water partition coefficient (Wildman–Crippen LogP) is 0.916. The summed E-state index contributed by atoms with van der Waals surface area (Å²) in [6.45, 7) is 6.35. The van der Waals surface area contributed by atoms with Gasteiger partial charge in [-0.2, -0.15) is 0 Å². The Morgan fingerprint density at radius 3 is 2.36 bits per heavy atom. The summed E-state index contributed by atoms with van der Waals surface area (Å²) in [4.78, 5) is 0. The molecule has 0 aromatic carbocycles. The van der Waals surface area contributed by atoms with E-state index in [-0.39, 0.29) is 6.17 Å². The van der Waals surface area contributed by atoms with Crippen LogP contribution in [0.5, 0.6) is 0 Å². The molecule has 0 heterocycles. The summed E-state index contributed by atoms with van der Waals surface area (Å²) in [5.74, 6) is 0. The van der Waals surface area contributed by atoms with Crippen LogP contribution < -0.4 is 11.2 Å². The minimum Gasteiger partial charge on any atom is -0.315 e. The van der Waals surface area contributed by atoms with E-state index in [0.717, 1.165) is 12.8 Å². The molecule has 3 N–H and O–H groups in total. The van der Waals surface area contributed by atoms with Crippen LogP contribution in [0, 0.1) is 0 Å². The van der Waals surface area contributed by atoms with Gasteiger partial charge in [-0.1, -0.05) is 13.3 Å². The number of hydrogen-bond acceptors (Lipinski definition) is 3. The number of hydrazine groups is 1. The number of nitrogens with one attached hydrogen (secondary N) is 1. The Hall–Kier alpha value is -0.120. The van der Waals surface area contributed by atoms with Gasteiger partial charge in [0.1, 0.15) is 0 Å². The van der Waals surface area contributed by atoms with Crippen molar-refractivity contribution in [2.24, 2.45) is 5.73 Å². The number of nitrogens with zero attached hydrogens (tertiary/aromatic N) is 1. The van der Waals surface area contributed by atoms with Gasteiger partial charge in [-0.3, -0.25) is 5.43 Å².